The Hall–Kier alpha value is -2.51. The molecule has 8 heteroatoms. The molecule has 0 bridgehead atoms. The minimum atomic E-state index is -0.0810. The van der Waals surface area contributed by atoms with Gasteiger partial charge in [-0.05, 0) is 61.2 Å². The van der Waals surface area contributed by atoms with Gasteiger partial charge in [-0.3, -0.25) is 4.79 Å². The number of anilines is 1. The van der Waals surface area contributed by atoms with Gasteiger partial charge in [0, 0.05) is 17.3 Å². The molecule has 6 nitrogen and oxygen atoms in total. The van der Waals surface area contributed by atoms with Crippen molar-refractivity contribution in [2.24, 2.45) is 0 Å². The number of benzene rings is 2. The molecule has 3 rings (SSSR count). The molecule has 0 aliphatic rings. The van der Waals surface area contributed by atoms with Crippen molar-refractivity contribution in [2.45, 2.75) is 51.9 Å². The molecule has 0 spiro atoms. The number of nitrogens with one attached hydrogen (secondary N) is 1. The van der Waals surface area contributed by atoms with Gasteiger partial charge in [0.2, 0.25) is 5.91 Å². The molecule has 3 aromatic rings. The third kappa shape index (κ3) is 6.24. The Balaban J connectivity index is 1.56. The number of thioether (sulfide) groups is 1. The van der Waals surface area contributed by atoms with Gasteiger partial charge in [0.1, 0.15) is 12.4 Å². The van der Waals surface area contributed by atoms with Gasteiger partial charge in [0.25, 0.3) is 0 Å². The van der Waals surface area contributed by atoms with Crippen LogP contribution in [-0.2, 0) is 17.9 Å². The molecular formula is C23H27ClN4O2S. The van der Waals surface area contributed by atoms with E-state index >= 15 is 0 Å². The first-order chi connectivity index (χ1) is 14.9. The number of nitrogens with zero attached hydrogens (tertiary/aromatic N) is 3. The molecule has 0 saturated carbocycles. The van der Waals surface area contributed by atoms with Crippen LogP contribution in [0.15, 0.2) is 47.6 Å². The number of aryl methyl sites for hydroxylation is 1. The highest BCUT2D eigenvalue weighted by atomic mass is 35.5. The zero-order valence-corrected chi connectivity index (χ0v) is 19.8. The number of aromatic nitrogens is 3. The molecule has 0 aliphatic carbocycles. The first kappa shape index (κ1) is 23.2. The average molecular weight is 459 g/mol. The predicted molar refractivity (Wildman–Crippen MR) is 126 cm³/mol. The fourth-order valence-electron chi connectivity index (χ4n) is 3.05. The summed E-state index contributed by atoms with van der Waals surface area (Å²) in [6.45, 7) is 9.22. The van der Waals surface area contributed by atoms with E-state index < -0.39 is 0 Å². The van der Waals surface area contributed by atoms with Crippen molar-refractivity contribution in [3.63, 3.8) is 0 Å². The summed E-state index contributed by atoms with van der Waals surface area (Å²) in [5, 5.41) is 12.8. The SMILES string of the molecule is CCn1c(COc2ccc(Cl)cc2C)nnc1SCC(=O)Nc1ccc(C(C)C)cc1. The number of halogens is 1. The summed E-state index contributed by atoms with van der Waals surface area (Å²) >= 11 is 7.36. The largest absolute Gasteiger partial charge is 0.485 e. The summed E-state index contributed by atoms with van der Waals surface area (Å²) in [4.78, 5) is 12.4. The number of hydrogen-bond acceptors (Lipinski definition) is 5. The lowest BCUT2D eigenvalue weighted by atomic mass is 10.0. The van der Waals surface area contributed by atoms with Gasteiger partial charge in [-0.25, -0.2) is 0 Å². The van der Waals surface area contributed by atoms with Crippen molar-refractivity contribution in [2.75, 3.05) is 11.1 Å². The highest BCUT2D eigenvalue weighted by Crippen LogP contribution is 2.24. The van der Waals surface area contributed by atoms with E-state index in [1.165, 1.54) is 17.3 Å². The summed E-state index contributed by atoms with van der Waals surface area (Å²) in [5.41, 5.74) is 2.99. The third-order valence-electron chi connectivity index (χ3n) is 4.80. The van der Waals surface area contributed by atoms with Crippen LogP contribution in [0.3, 0.4) is 0 Å². The third-order valence-corrected chi connectivity index (χ3v) is 6.00. The minimum absolute atomic E-state index is 0.0810. The Labute approximate surface area is 192 Å². The molecule has 1 amide bonds. The maximum Gasteiger partial charge on any atom is 0.234 e. The predicted octanol–water partition coefficient (Wildman–Crippen LogP) is 5.69. The maximum absolute atomic E-state index is 12.4. The Kier molecular flexibility index (Phi) is 7.98. The number of ether oxygens (including phenoxy) is 1. The van der Waals surface area contributed by atoms with E-state index in [-0.39, 0.29) is 18.3 Å². The van der Waals surface area contributed by atoms with Crippen LogP contribution >= 0.6 is 23.4 Å². The number of carbonyl (C=O) groups excluding carboxylic acids is 1. The standard InChI is InChI=1S/C23H27ClN4O2S/c1-5-28-21(13-30-20-11-8-18(24)12-16(20)4)26-27-23(28)31-14-22(29)25-19-9-6-17(7-10-19)15(2)3/h6-12,15H,5,13-14H2,1-4H3,(H,25,29). The molecule has 1 heterocycles. The van der Waals surface area contributed by atoms with Crippen molar-refractivity contribution < 1.29 is 9.53 Å². The summed E-state index contributed by atoms with van der Waals surface area (Å²) in [6.07, 6.45) is 0. The summed E-state index contributed by atoms with van der Waals surface area (Å²) in [6, 6.07) is 13.4. The lowest BCUT2D eigenvalue weighted by molar-refractivity contribution is -0.113. The van der Waals surface area contributed by atoms with E-state index in [0.29, 0.717) is 28.5 Å². The van der Waals surface area contributed by atoms with E-state index in [1.807, 2.05) is 54.8 Å². The van der Waals surface area contributed by atoms with Crippen molar-refractivity contribution >= 4 is 35.0 Å². The van der Waals surface area contributed by atoms with Crippen LogP contribution in [0.5, 0.6) is 5.75 Å². The first-order valence-electron chi connectivity index (χ1n) is 10.2. The topological polar surface area (TPSA) is 69.0 Å². The van der Waals surface area contributed by atoms with Gasteiger partial charge >= 0.3 is 0 Å². The zero-order valence-electron chi connectivity index (χ0n) is 18.2. The average Bonchev–Trinajstić information content (AvgIpc) is 3.14. The number of amides is 1. The van der Waals surface area contributed by atoms with Crippen molar-refractivity contribution in [1.82, 2.24) is 14.8 Å². The molecule has 0 atom stereocenters. The molecule has 0 saturated heterocycles. The summed E-state index contributed by atoms with van der Waals surface area (Å²) in [7, 11) is 0. The Bertz CT molecular complexity index is 1030. The van der Waals surface area contributed by atoms with Crippen molar-refractivity contribution in [1.29, 1.82) is 0 Å². The quantitative estimate of drug-likeness (QED) is 0.417. The van der Waals surface area contributed by atoms with Crippen LogP contribution in [0.25, 0.3) is 0 Å². The van der Waals surface area contributed by atoms with Crippen molar-refractivity contribution in [3.8, 4) is 5.75 Å². The molecule has 0 fully saturated rings. The molecule has 1 N–H and O–H groups in total. The summed E-state index contributed by atoms with van der Waals surface area (Å²) < 4.78 is 7.85. The van der Waals surface area contributed by atoms with E-state index in [1.54, 1.807) is 6.07 Å². The minimum Gasteiger partial charge on any atom is -0.485 e. The molecular weight excluding hydrogens is 432 g/mol. The van der Waals surface area contributed by atoms with Gasteiger partial charge in [-0.2, -0.15) is 0 Å². The van der Waals surface area contributed by atoms with Crippen LogP contribution in [0.4, 0.5) is 5.69 Å². The highest BCUT2D eigenvalue weighted by molar-refractivity contribution is 7.99. The molecule has 0 aliphatic heterocycles. The van der Waals surface area contributed by atoms with Crippen molar-refractivity contribution in [3.05, 3.63) is 64.4 Å². The Morgan fingerprint density at radius 1 is 1.19 bits per heavy atom. The lowest BCUT2D eigenvalue weighted by Gasteiger charge is -2.11. The first-order valence-corrected chi connectivity index (χ1v) is 11.6. The highest BCUT2D eigenvalue weighted by Gasteiger charge is 2.14. The molecule has 1 aromatic heterocycles. The Morgan fingerprint density at radius 3 is 2.58 bits per heavy atom. The van der Waals surface area contributed by atoms with E-state index in [2.05, 4.69) is 29.4 Å². The second-order valence-corrected chi connectivity index (χ2v) is 8.83. The van der Waals surface area contributed by atoms with Gasteiger partial charge < -0.3 is 14.6 Å². The summed E-state index contributed by atoms with van der Waals surface area (Å²) in [5.74, 6) is 2.10. The van der Waals surface area contributed by atoms with E-state index in [4.69, 9.17) is 16.3 Å². The van der Waals surface area contributed by atoms with Gasteiger partial charge in [0.15, 0.2) is 11.0 Å². The Morgan fingerprint density at radius 2 is 1.94 bits per heavy atom. The molecule has 164 valence electrons. The van der Waals surface area contributed by atoms with Crippen LogP contribution in [-0.4, -0.2) is 26.4 Å². The van der Waals surface area contributed by atoms with E-state index in [9.17, 15) is 4.79 Å². The van der Waals surface area contributed by atoms with E-state index in [0.717, 1.165) is 17.0 Å². The zero-order chi connectivity index (χ0) is 22.4. The van der Waals surface area contributed by atoms with Crippen LogP contribution in [0.2, 0.25) is 5.02 Å². The van der Waals surface area contributed by atoms with Crippen LogP contribution in [0, 0.1) is 6.92 Å². The van der Waals surface area contributed by atoms with Crippen LogP contribution < -0.4 is 10.1 Å². The maximum atomic E-state index is 12.4. The van der Waals surface area contributed by atoms with Gasteiger partial charge in [-0.15, -0.1) is 10.2 Å². The van der Waals surface area contributed by atoms with Gasteiger partial charge in [-0.1, -0.05) is 49.3 Å². The molecule has 0 unspecified atom stereocenters. The lowest BCUT2D eigenvalue weighted by Crippen LogP contribution is -2.15. The fourth-order valence-corrected chi connectivity index (χ4v) is 4.09. The molecule has 0 radical (unpaired) electrons. The smallest absolute Gasteiger partial charge is 0.234 e. The molecule has 31 heavy (non-hydrogen) atoms. The second-order valence-electron chi connectivity index (χ2n) is 7.46. The number of carbonyl (C=O) groups is 1. The fraction of sp³-hybridized carbons (Fsp3) is 0.348. The van der Waals surface area contributed by atoms with Gasteiger partial charge in [0.05, 0.1) is 5.75 Å². The monoisotopic (exact) mass is 458 g/mol. The molecule has 2 aromatic carbocycles. The second kappa shape index (κ2) is 10.7. The number of rotatable bonds is 9. The van der Waals surface area contributed by atoms with Crippen LogP contribution in [0.1, 0.15) is 43.6 Å². The number of hydrogen-bond donors (Lipinski definition) is 1. The normalized spacial score (nSPS) is 11.0.